The van der Waals surface area contributed by atoms with Gasteiger partial charge in [-0.2, -0.15) is 13.2 Å². The highest BCUT2D eigenvalue weighted by Gasteiger charge is 2.35. The number of likely N-dealkylation sites (tertiary alicyclic amines) is 1. The second-order valence-corrected chi connectivity index (χ2v) is 7.74. The molecule has 10 heteroatoms. The fourth-order valence-electron chi connectivity index (χ4n) is 3.13. The molecule has 1 saturated heterocycles. The first kappa shape index (κ1) is 21.1. The fourth-order valence-corrected chi connectivity index (χ4v) is 3.77. The van der Waals surface area contributed by atoms with Crippen LogP contribution in [-0.4, -0.2) is 29.9 Å². The van der Waals surface area contributed by atoms with Crippen LogP contribution in [-0.2, 0) is 17.5 Å². The van der Waals surface area contributed by atoms with E-state index in [1.807, 2.05) is 17.5 Å². The van der Waals surface area contributed by atoms with Crippen LogP contribution >= 0.6 is 11.3 Å². The van der Waals surface area contributed by atoms with Gasteiger partial charge < -0.3 is 15.5 Å². The lowest BCUT2D eigenvalue weighted by atomic mass is 9.97. The number of amides is 3. The molecule has 0 aliphatic carbocycles. The van der Waals surface area contributed by atoms with Crippen molar-refractivity contribution in [2.75, 3.05) is 18.4 Å². The van der Waals surface area contributed by atoms with Crippen molar-refractivity contribution in [1.29, 1.82) is 0 Å². The predicted octanol–water partition coefficient (Wildman–Crippen LogP) is 4.47. The average molecular weight is 429 g/mol. The third kappa shape index (κ3) is 5.47. The molecule has 0 radical (unpaired) electrons. The Balaban J connectivity index is 1.59. The summed E-state index contributed by atoms with van der Waals surface area (Å²) in [5.41, 5.74) is -1.57. The molecule has 2 aromatic rings. The summed E-state index contributed by atoms with van der Waals surface area (Å²) in [7, 11) is 0. The molecule has 0 bridgehead atoms. The molecule has 2 heterocycles. The summed E-state index contributed by atoms with van der Waals surface area (Å²) < 4.78 is 51.9. The number of carbonyl (C=O) groups excluding carboxylic acids is 2. The number of hydrogen-bond donors (Lipinski definition) is 2. The van der Waals surface area contributed by atoms with Crippen LogP contribution < -0.4 is 10.6 Å². The molecular weight excluding hydrogens is 410 g/mol. The van der Waals surface area contributed by atoms with Gasteiger partial charge in [0.1, 0.15) is 5.82 Å². The van der Waals surface area contributed by atoms with Crippen molar-refractivity contribution in [1.82, 2.24) is 10.2 Å². The van der Waals surface area contributed by atoms with E-state index in [1.165, 1.54) is 16.2 Å². The number of nitrogens with zero attached hydrogens (tertiary/aromatic N) is 1. The summed E-state index contributed by atoms with van der Waals surface area (Å²) in [5, 5.41) is 7.10. The summed E-state index contributed by atoms with van der Waals surface area (Å²) in [4.78, 5) is 27.3. The summed E-state index contributed by atoms with van der Waals surface area (Å²) in [6.45, 7) is 1.05. The Morgan fingerprint density at radius 3 is 2.72 bits per heavy atom. The quantitative estimate of drug-likeness (QED) is 0.705. The average Bonchev–Trinajstić information content (AvgIpc) is 3.20. The van der Waals surface area contributed by atoms with E-state index in [0.717, 1.165) is 10.9 Å². The van der Waals surface area contributed by atoms with E-state index in [1.54, 1.807) is 0 Å². The lowest BCUT2D eigenvalue weighted by Gasteiger charge is -2.32. The first-order valence-corrected chi connectivity index (χ1v) is 9.85. The number of rotatable bonds is 4. The lowest BCUT2D eigenvalue weighted by Crippen LogP contribution is -2.47. The summed E-state index contributed by atoms with van der Waals surface area (Å²) in [6, 6.07) is 5.81. The Bertz CT molecular complexity index is 871. The van der Waals surface area contributed by atoms with Gasteiger partial charge in [-0.3, -0.25) is 4.79 Å². The monoisotopic (exact) mass is 429 g/mol. The van der Waals surface area contributed by atoms with Gasteiger partial charge in [-0.05, 0) is 42.5 Å². The Labute approximate surface area is 168 Å². The second kappa shape index (κ2) is 8.81. The van der Waals surface area contributed by atoms with Crippen molar-refractivity contribution in [3.05, 3.63) is 52.0 Å². The summed E-state index contributed by atoms with van der Waals surface area (Å²) in [6.07, 6.45) is -3.75. The van der Waals surface area contributed by atoms with Gasteiger partial charge in [0.15, 0.2) is 0 Å². The zero-order valence-electron chi connectivity index (χ0n) is 15.3. The van der Waals surface area contributed by atoms with E-state index < -0.39 is 29.4 Å². The van der Waals surface area contributed by atoms with E-state index >= 15 is 0 Å². The van der Waals surface area contributed by atoms with Gasteiger partial charge in [0.2, 0.25) is 5.91 Å². The van der Waals surface area contributed by atoms with Crippen LogP contribution in [0.25, 0.3) is 0 Å². The number of anilines is 1. The third-order valence-corrected chi connectivity index (χ3v) is 5.49. The van der Waals surface area contributed by atoms with Gasteiger partial charge >= 0.3 is 12.2 Å². The maximum atomic E-state index is 13.4. The van der Waals surface area contributed by atoms with E-state index in [-0.39, 0.29) is 18.3 Å². The molecule has 1 aliphatic rings. The van der Waals surface area contributed by atoms with Gasteiger partial charge in [-0.25, -0.2) is 9.18 Å². The van der Waals surface area contributed by atoms with Gasteiger partial charge in [0, 0.05) is 23.7 Å². The molecule has 3 rings (SSSR count). The van der Waals surface area contributed by atoms with E-state index in [0.29, 0.717) is 38.1 Å². The molecule has 0 spiro atoms. The molecule has 3 amide bonds. The van der Waals surface area contributed by atoms with Crippen molar-refractivity contribution >= 4 is 29.0 Å². The smallest absolute Gasteiger partial charge is 0.333 e. The van der Waals surface area contributed by atoms with E-state index in [4.69, 9.17) is 0 Å². The van der Waals surface area contributed by atoms with Crippen molar-refractivity contribution in [2.45, 2.75) is 25.6 Å². The normalized spacial score (nSPS) is 17.1. The van der Waals surface area contributed by atoms with Gasteiger partial charge in [-0.15, -0.1) is 11.3 Å². The number of piperidine rings is 1. The Morgan fingerprint density at radius 2 is 2.03 bits per heavy atom. The van der Waals surface area contributed by atoms with Crippen molar-refractivity contribution in [3.63, 3.8) is 0 Å². The van der Waals surface area contributed by atoms with Crippen LogP contribution in [0.5, 0.6) is 0 Å². The molecule has 0 saturated carbocycles. The minimum atomic E-state index is -4.85. The zero-order chi connectivity index (χ0) is 21.0. The van der Waals surface area contributed by atoms with Crippen molar-refractivity contribution in [2.24, 2.45) is 5.92 Å². The number of hydrogen-bond acceptors (Lipinski definition) is 3. The minimum absolute atomic E-state index is 0.136. The van der Waals surface area contributed by atoms with Crippen molar-refractivity contribution < 1.29 is 27.2 Å². The highest BCUT2D eigenvalue weighted by molar-refractivity contribution is 7.09. The van der Waals surface area contributed by atoms with Gasteiger partial charge in [-0.1, -0.05) is 6.07 Å². The molecule has 29 heavy (non-hydrogen) atoms. The predicted molar refractivity (Wildman–Crippen MR) is 101 cm³/mol. The third-order valence-electron chi connectivity index (χ3n) is 4.61. The molecule has 1 atom stereocenters. The standard InChI is InChI=1S/C19H19F4N3O2S/c20-16-6-5-13(9-15(16)19(21,22)23)25-17(27)12-3-1-7-26(11-12)18(28)24-10-14-4-2-8-29-14/h2,4-6,8-9,12H,1,3,7,10-11H2,(H,24,28)(H,25,27). The molecule has 1 fully saturated rings. The number of benzene rings is 1. The molecule has 1 aromatic heterocycles. The highest BCUT2D eigenvalue weighted by Crippen LogP contribution is 2.33. The molecule has 5 nitrogen and oxygen atoms in total. The van der Waals surface area contributed by atoms with Gasteiger partial charge in [0.05, 0.1) is 18.0 Å². The van der Waals surface area contributed by atoms with Crippen molar-refractivity contribution in [3.8, 4) is 0 Å². The Hall–Kier alpha value is -2.62. The molecule has 1 unspecified atom stereocenters. The number of carbonyl (C=O) groups is 2. The Kier molecular flexibility index (Phi) is 6.41. The topological polar surface area (TPSA) is 61.4 Å². The van der Waals surface area contributed by atoms with Crippen LogP contribution in [0.15, 0.2) is 35.7 Å². The Morgan fingerprint density at radius 1 is 1.24 bits per heavy atom. The van der Waals surface area contributed by atoms with Crippen LogP contribution in [0.4, 0.5) is 28.0 Å². The molecule has 1 aliphatic heterocycles. The first-order chi connectivity index (χ1) is 13.7. The SMILES string of the molecule is O=C(Nc1ccc(F)c(C(F)(F)F)c1)C1CCCN(C(=O)NCc2cccs2)C1. The van der Waals surface area contributed by atoms with Crippen LogP contribution in [0, 0.1) is 11.7 Å². The van der Waals surface area contributed by atoms with E-state index in [2.05, 4.69) is 10.6 Å². The fraction of sp³-hybridized carbons (Fsp3) is 0.368. The molecule has 2 N–H and O–H groups in total. The number of thiophene rings is 1. The summed E-state index contributed by atoms with van der Waals surface area (Å²) >= 11 is 1.52. The van der Waals surface area contributed by atoms with Crippen LogP contribution in [0.3, 0.4) is 0 Å². The highest BCUT2D eigenvalue weighted by atomic mass is 32.1. The zero-order valence-corrected chi connectivity index (χ0v) is 16.1. The molecule has 1 aromatic carbocycles. The molecule has 156 valence electrons. The maximum absolute atomic E-state index is 13.4. The minimum Gasteiger partial charge on any atom is -0.333 e. The number of halogens is 4. The first-order valence-electron chi connectivity index (χ1n) is 8.97. The number of nitrogens with one attached hydrogen (secondary N) is 2. The van der Waals surface area contributed by atoms with Crippen LogP contribution in [0.2, 0.25) is 0 Å². The van der Waals surface area contributed by atoms with Gasteiger partial charge in [0.25, 0.3) is 0 Å². The second-order valence-electron chi connectivity index (χ2n) is 6.70. The number of alkyl halides is 3. The number of urea groups is 1. The lowest BCUT2D eigenvalue weighted by molar-refractivity contribution is -0.140. The maximum Gasteiger partial charge on any atom is 0.419 e. The largest absolute Gasteiger partial charge is 0.419 e. The molecular formula is C19H19F4N3O2S. The summed E-state index contributed by atoms with van der Waals surface area (Å²) in [5.74, 6) is -2.46. The van der Waals surface area contributed by atoms with Crippen LogP contribution in [0.1, 0.15) is 23.3 Å². The van der Waals surface area contributed by atoms with E-state index in [9.17, 15) is 27.2 Å².